The number of nitrogens with two attached hydrogens (primary N) is 1. The molecule has 0 aliphatic carbocycles. The number of hydrogen-bond acceptors (Lipinski definition) is 2. The predicted octanol–water partition coefficient (Wildman–Crippen LogP) is 1.12. The van der Waals surface area contributed by atoms with Crippen molar-refractivity contribution in [2.75, 3.05) is 0 Å². The van der Waals surface area contributed by atoms with Crippen molar-refractivity contribution in [2.45, 2.75) is 13.3 Å². The van der Waals surface area contributed by atoms with E-state index in [9.17, 15) is 9.59 Å². The number of carbonyl (C=O) groups is 2. The normalized spacial score (nSPS) is 8.87. The number of rotatable bonds is 2. The minimum atomic E-state index is -0.470. The van der Waals surface area contributed by atoms with Crippen LogP contribution in [0.4, 0.5) is 0 Å². The van der Waals surface area contributed by atoms with E-state index in [-0.39, 0.29) is 12.2 Å². The summed E-state index contributed by atoms with van der Waals surface area (Å²) in [5.41, 5.74) is 6.14. The number of primary amides is 1. The first-order valence-electron chi connectivity index (χ1n) is 4.48. The Labute approximate surface area is 88.3 Å². The van der Waals surface area contributed by atoms with Crippen LogP contribution in [0, 0.1) is 11.8 Å². The molecule has 0 atom stereocenters. The maximum atomic E-state index is 11.2. The summed E-state index contributed by atoms with van der Waals surface area (Å²) in [7, 11) is 0. The van der Waals surface area contributed by atoms with Crippen LogP contribution in [0.2, 0.25) is 0 Å². The van der Waals surface area contributed by atoms with Gasteiger partial charge in [0, 0.05) is 11.1 Å². The molecule has 0 spiro atoms. The number of benzene rings is 1. The Balaban J connectivity index is 2.97. The maximum absolute atomic E-state index is 11.2. The van der Waals surface area contributed by atoms with Gasteiger partial charge in [-0.3, -0.25) is 9.59 Å². The SMILES string of the molecule is CC(=O)c1ccccc1C#CCC(N)=O. The Hall–Kier alpha value is -2.08. The van der Waals surface area contributed by atoms with Crippen LogP contribution in [0.1, 0.15) is 29.3 Å². The smallest absolute Gasteiger partial charge is 0.229 e. The molecule has 0 saturated heterocycles. The molecular weight excluding hydrogens is 190 g/mol. The third-order valence-corrected chi connectivity index (χ3v) is 1.79. The Morgan fingerprint density at radius 2 is 2.00 bits per heavy atom. The molecule has 1 aromatic rings. The Morgan fingerprint density at radius 1 is 1.33 bits per heavy atom. The van der Waals surface area contributed by atoms with E-state index in [1.54, 1.807) is 24.3 Å². The van der Waals surface area contributed by atoms with Crippen molar-refractivity contribution < 1.29 is 9.59 Å². The lowest BCUT2D eigenvalue weighted by Gasteiger charge is -1.97. The third-order valence-electron chi connectivity index (χ3n) is 1.79. The van der Waals surface area contributed by atoms with Crippen LogP contribution < -0.4 is 5.73 Å². The van der Waals surface area contributed by atoms with E-state index < -0.39 is 5.91 Å². The van der Waals surface area contributed by atoms with Crippen LogP contribution in [0.15, 0.2) is 24.3 Å². The largest absolute Gasteiger partial charge is 0.369 e. The number of Topliss-reactive ketones (excluding diaryl/α,β-unsaturated/α-hetero) is 1. The number of ketones is 1. The molecule has 0 bridgehead atoms. The first kappa shape index (κ1) is 11.0. The summed E-state index contributed by atoms with van der Waals surface area (Å²) >= 11 is 0. The van der Waals surface area contributed by atoms with Gasteiger partial charge < -0.3 is 5.73 Å². The Bertz CT molecular complexity index is 452. The van der Waals surface area contributed by atoms with Crippen LogP contribution in [0.5, 0.6) is 0 Å². The van der Waals surface area contributed by atoms with Crippen molar-refractivity contribution in [3.8, 4) is 11.8 Å². The lowest BCUT2D eigenvalue weighted by molar-refractivity contribution is -0.117. The second kappa shape index (κ2) is 4.97. The van der Waals surface area contributed by atoms with E-state index in [0.717, 1.165) is 0 Å². The fourth-order valence-electron chi connectivity index (χ4n) is 1.13. The van der Waals surface area contributed by atoms with Gasteiger partial charge in [0.15, 0.2) is 5.78 Å². The fourth-order valence-corrected chi connectivity index (χ4v) is 1.13. The monoisotopic (exact) mass is 201 g/mol. The molecule has 0 heterocycles. The van der Waals surface area contributed by atoms with Crippen molar-refractivity contribution in [2.24, 2.45) is 5.73 Å². The van der Waals surface area contributed by atoms with Gasteiger partial charge in [-0.25, -0.2) is 0 Å². The summed E-state index contributed by atoms with van der Waals surface area (Å²) in [4.78, 5) is 21.7. The lowest BCUT2D eigenvalue weighted by Crippen LogP contribution is -2.08. The van der Waals surface area contributed by atoms with E-state index in [0.29, 0.717) is 11.1 Å². The number of hydrogen-bond donors (Lipinski definition) is 1. The van der Waals surface area contributed by atoms with Gasteiger partial charge in [0.05, 0.1) is 6.42 Å². The second-order valence-corrected chi connectivity index (χ2v) is 3.05. The van der Waals surface area contributed by atoms with E-state index in [1.807, 2.05) is 0 Å². The van der Waals surface area contributed by atoms with Crippen molar-refractivity contribution in [3.05, 3.63) is 35.4 Å². The van der Waals surface area contributed by atoms with Crippen molar-refractivity contribution in [1.82, 2.24) is 0 Å². The van der Waals surface area contributed by atoms with Gasteiger partial charge in [0.2, 0.25) is 5.91 Å². The molecule has 1 rings (SSSR count). The molecule has 0 aliphatic rings. The molecular formula is C12H11NO2. The van der Waals surface area contributed by atoms with Gasteiger partial charge >= 0.3 is 0 Å². The number of carbonyl (C=O) groups excluding carboxylic acids is 2. The summed E-state index contributed by atoms with van der Waals surface area (Å²) in [6, 6.07) is 7.01. The summed E-state index contributed by atoms with van der Waals surface area (Å²) < 4.78 is 0. The van der Waals surface area contributed by atoms with Crippen molar-refractivity contribution in [1.29, 1.82) is 0 Å². The molecule has 15 heavy (non-hydrogen) atoms. The minimum Gasteiger partial charge on any atom is -0.369 e. The third kappa shape index (κ3) is 3.28. The van der Waals surface area contributed by atoms with E-state index >= 15 is 0 Å². The molecule has 76 valence electrons. The zero-order valence-corrected chi connectivity index (χ0v) is 8.41. The quantitative estimate of drug-likeness (QED) is 0.575. The van der Waals surface area contributed by atoms with Crippen molar-refractivity contribution in [3.63, 3.8) is 0 Å². The highest BCUT2D eigenvalue weighted by molar-refractivity contribution is 5.96. The minimum absolute atomic E-state index is 0.00619. The van der Waals surface area contributed by atoms with Gasteiger partial charge in [0.1, 0.15) is 0 Å². The second-order valence-electron chi connectivity index (χ2n) is 3.05. The Morgan fingerprint density at radius 3 is 2.60 bits per heavy atom. The van der Waals surface area contributed by atoms with Gasteiger partial charge in [-0.1, -0.05) is 30.0 Å². The molecule has 2 N–H and O–H groups in total. The van der Waals surface area contributed by atoms with Crippen LogP contribution in [0.25, 0.3) is 0 Å². The molecule has 0 fully saturated rings. The average molecular weight is 201 g/mol. The van der Waals surface area contributed by atoms with E-state index in [2.05, 4.69) is 11.8 Å². The Kier molecular flexibility index (Phi) is 3.64. The summed E-state index contributed by atoms with van der Waals surface area (Å²) in [5.74, 6) is 4.86. The standard InChI is InChI=1S/C12H11NO2/c1-9(14)11-7-3-2-5-10(11)6-4-8-12(13)15/h2-3,5,7H,8H2,1H3,(H2,13,15). The van der Waals surface area contributed by atoms with Gasteiger partial charge in [-0.05, 0) is 13.0 Å². The molecule has 1 aromatic carbocycles. The summed E-state index contributed by atoms with van der Waals surface area (Å²) in [6.07, 6.45) is 0.00619. The molecule has 3 heteroatoms. The van der Waals surface area contributed by atoms with Gasteiger partial charge in [-0.15, -0.1) is 0 Å². The van der Waals surface area contributed by atoms with Crippen LogP contribution in [0.3, 0.4) is 0 Å². The van der Waals surface area contributed by atoms with Gasteiger partial charge in [0.25, 0.3) is 0 Å². The average Bonchev–Trinajstić information content (AvgIpc) is 2.17. The van der Waals surface area contributed by atoms with E-state index in [1.165, 1.54) is 6.92 Å². The first-order valence-corrected chi connectivity index (χ1v) is 4.48. The van der Waals surface area contributed by atoms with Crippen LogP contribution >= 0.6 is 0 Å². The highest BCUT2D eigenvalue weighted by atomic mass is 16.1. The van der Waals surface area contributed by atoms with Crippen LogP contribution in [-0.4, -0.2) is 11.7 Å². The molecule has 0 unspecified atom stereocenters. The predicted molar refractivity (Wildman–Crippen MR) is 57.1 cm³/mol. The lowest BCUT2D eigenvalue weighted by atomic mass is 10.0. The molecule has 0 aromatic heterocycles. The maximum Gasteiger partial charge on any atom is 0.229 e. The fraction of sp³-hybridized carbons (Fsp3) is 0.167. The first-order chi connectivity index (χ1) is 7.11. The van der Waals surface area contributed by atoms with Gasteiger partial charge in [-0.2, -0.15) is 0 Å². The molecule has 1 amide bonds. The number of amides is 1. The highest BCUT2D eigenvalue weighted by Gasteiger charge is 2.02. The molecule has 3 nitrogen and oxygen atoms in total. The van der Waals surface area contributed by atoms with Crippen LogP contribution in [-0.2, 0) is 4.79 Å². The molecule has 0 radical (unpaired) electrons. The summed E-state index contributed by atoms with van der Waals surface area (Å²) in [6.45, 7) is 1.48. The zero-order chi connectivity index (χ0) is 11.3. The highest BCUT2D eigenvalue weighted by Crippen LogP contribution is 2.07. The molecule has 0 aliphatic heterocycles. The molecule has 0 saturated carbocycles. The zero-order valence-electron chi connectivity index (χ0n) is 8.41. The topological polar surface area (TPSA) is 60.2 Å². The summed E-state index contributed by atoms with van der Waals surface area (Å²) in [5, 5.41) is 0. The van der Waals surface area contributed by atoms with Crippen molar-refractivity contribution >= 4 is 11.7 Å². The van der Waals surface area contributed by atoms with E-state index in [4.69, 9.17) is 5.73 Å².